The van der Waals surface area contributed by atoms with Gasteiger partial charge in [0.25, 0.3) is 0 Å². The van der Waals surface area contributed by atoms with E-state index >= 15 is 0 Å². The van der Waals surface area contributed by atoms with E-state index in [1.165, 1.54) is 0 Å². The number of aliphatic imine (C=N–C) groups is 1. The molecule has 2 aromatic rings. The van der Waals surface area contributed by atoms with Crippen molar-refractivity contribution in [3.05, 3.63) is 53.3 Å². The monoisotopic (exact) mass is 571 g/mol. The van der Waals surface area contributed by atoms with Crippen LogP contribution in [0.3, 0.4) is 0 Å². The van der Waals surface area contributed by atoms with Crippen molar-refractivity contribution in [3.8, 4) is 0 Å². The molecule has 0 bridgehead atoms. The molecule has 10 heteroatoms. The molecular formula is C22H31ClIN7O. The molecule has 174 valence electrons. The van der Waals surface area contributed by atoms with Crippen LogP contribution < -0.4 is 10.2 Å². The highest BCUT2D eigenvalue weighted by Gasteiger charge is 2.22. The Hall–Kier alpha value is -2.14. The molecule has 1 aliphatic heterocycles. The number of hydrogen-bond acceptors (Lipinski definition) is 5. The fraction of sp³-hybridized carbons (Fsp3) is 0.455. The summed E-state index contributed by atoms with van der Waals surface area (Å²) in [5.74, 6) is 1.61. The molecular weight excluding hydrogens is 541 g/mol. The number of hydrogen-bond donors (Lipinski definition) is 1. The molecule has 2 heterocycles. The summed E-state index contributed by atoms with van der Waals surface area (Å²) < 4.78 is 0. The Morgan fingerprint density at radius 3 is 2.50 bits per heavy atom. The van der Waals surface area contributed by atoms with Gasteiger partial charge in [-0.1, -0.05) is 29.8 Å². The Morgan fingerprint density at radius 2 is 1.84 bits per heavy atom. The lowest BCUT2D eigenvalue weighted by atomic mass is 10.2. The first kappa shape index (κ1) is 26.1. The third-order valence-electron chi connectivity index (χ3n) is 5.12. The van der Waals surface area contributed by atoms with E-state index in [2.05, 4.69) is 25.2 Å². The van der Waals surface area contributed by atoms with Gasteiger partial charge < -0.3 is 20.0 Å². The van der Waals surface area contributed by atoms with Gasteiger partial charge in [0, 0.05) is 70.2 Å². The molecule has 1 fully saturated rings. The Labute approximate surface area is 212 Å². The molecule has 0 aliphatic carbocycles. The maximum Gasteiger partial charge on any atom is 0.225 e. The van der Waals surface area contributed by atoms with Crippen LogP contribution >= 0.6 is 35.6 Å². The second kappa shape index (κ2) is 13.4. The lowest BCUT2D eigenvalue weighted by Gasteiger charge is -2.34. The van der Waals surface area contributed by atoms with Crippen LogP contribution in [-0.4, -0.2) is 78.0 Å². The predicted octanol–water partition coefficient (Wildman–Crippen LogP) is 2.88. The smallest absolute Gasteiger partial charge is 0.225 e. The SMILES string of the molecule is CCNC(=NCCC(=O)N1CCN(c2ncccn2)CC1)N(C)Cc1ccccc1Cl.I. The normalized spacial score (nSPS) is 14.0. The second-order valence-corrected chi connectivity index (χ2v) is 7.76. The van der Waals surface area contributed by atoms with Crippen LogP contribution in [0.25, 0.3) is 0 Å². The predicted molar refractivity (Wildman–Crippen MR) is 140 cm³/mol. The van der Waals surface area contributed by atoms with Gasteiger partial charge in [-0.3, -0.25) is 9.79 Å². The Kier molecular flexibility index (Phi) is 10.9. The largest absolute Gasteiger partial charge is 0.357 e. The molecule has 1 saturated heterocycles. The minimum absolute atomic E-state index is 0. The van der Waals surface area contributed by atoms with Crippen molar-refractivity contribution in [1.82, 2.24) is 25.1 Å². The van der Waals surface area contributed by atoms with Crippen LogP contribution in [0.5, 0.6) is 0 Å². The van der Waals surface area contributed by atoms with Gasteiger partial charge in [-0.25, -0.2) is 9.97 Å². The zero-order chi connectivity index (χ0) is 22.1. The van der Waals surface area contributed by atoms with E-state index < -0.39 is 0 Å². The molecule has 8 nitrogen and oxygen atoms in total. The second-order valence-electron chi connectivity index (χ2n) is 7.35. The number of amides is 1. The average Bonchev–Trinajstić information content (AvgIpc) is 2.80. The van der Waals surface area contributed by atoms with Gasteiger partial charge in [-0.2, -0.15) is 0 Å². The molecule has 1 amide bonds. The molecule has 1 N–H and O–H groups in total. The quantitative estimate of drug-likeness (QED) is 0.313. The summed E-state index contributed by atoms with van der Waals surface area (Å²) >= 11 is 6.28. The van der Waals surface area contributed by atoms with Gasteiger partial charge in [-0.05, 0) is 24.6 Å². The van der Waals surface area contributed by atoms with Crippen molar-refractivity contribution in [2.45, 2.75) is 19.9 Å². The number of guanidine groups is 1. The van der Waals surface area contributed by atoms with Crippen molar-refractivity contribution >= 4 is 53.4 Å². The Balaban J connectivity index is 0.00000363. The fourth-order valence-corrected chi connectivity index (χ4v) is 3.65. The molecule has 0 saturated carbocycles. The highest BCUT2D eigenvalue weighted by atomic mass is 127. The van der Waals surface area contributed by atoms with Gasteiger partial charge in [0.2, 0.25) is 11.9 Å². The first-order valence-corrected chi connectivity index (χ1v) is 11.0. The van der Waals surface area contributed by atoms with Crippen LogP contribution in [0, 0.1) is 0 Å². The van der Waals surface area contributed by atoms with Crippen LogP contribution in [0.1, 0.15) is 18.9 Å². The Bertz CT molecular complexity index is 876. The topological polar surface area (TPSA) is 77.0 Å². The van der Waals surface area contributed by atoms with E-state index in [9.17, 15) is 4.79 Å². The molecule has 0 radical (unpaired) electrons. The van der Waals surface area contributed by atoms with E-state index in [1.54, 1.807) is 18.5 Å². The number of aromatic nitrogens is 2. The number of carbonyl (C=O) groups is 1. The molecule has 3 rings (SSSR count). The van der Waals surface area contributed by atoms with Crippen molar-refractivity contribution in [2.24, 2.45) is 4.99 Å². The van der Waals surface area contributed by atoms with Crippen LogP contribution in [0.4, 0.5) is 5.95 Å². The van der Waals surface area contributed by atoms with Crippen LogP contribution in [-0.2, 0) is 11.3 Å². The summed E-state index contributed by atoms with van der Waals surface area (Å²) in [7, 11) is 1.97. The molecule has 32 heavy (non-hydrogen) atoms. The minimum atomic E-state index is 0. The number of rotatable bonds is 7. The number of nitrogens with zero attached hydrogens (tertiary/aromatic N) is 6. The molecule has 1 aliphatic rings. The first-order valence-electron chi connectivity index (χ1n) is 10.6. The zero-order valence-electron chi connectivity index (χ0n) is 18.6. The molecule has 1 aromatic heterocycles. The van der Waals surface area contributed by atoms with Crippen molar-refractivity contribution in [1.29, 1.82) is 0 Å². The average molecular weight is 572 g/mol. The van der Waals surface area contributed by atoms with Gasteiger partial charge >= 0.3 is 0 Å². The van der Waals surface area contributed by atoms with Gasteiger partial charge in [0.1, 0.15) is 0 Å². The number of anilines is 1. The highest BCUT2D eigenvalue weighted by molar-refractivity contribution is 14.0. The summed E-state index contributed by atoms with van der Waals surface area (Å²) in [6, 6.07) is 9.59. The molecule has 0 spiro atoms. The van der Waals surface area contributed by atoms with Crippen molar-refractivity contribution < 1.29 is 4.79 Å². The number of halogens is 2. The summed E-state index contributed by atoms with van der Waals surface area (Å²) in [5, 5.41) is 4.02. The lowest BCUT2D eigenvalue weighted by molar-refractivity contribution is -0.131. The van der Waals surface area contributed by atoms with E-state index in [0.717, 1.165) is 42.1 Å². The fourth-order valence-electron chi connectivity index (χ4n) is 3.45. The third kappa shape index (κ3) is 7.47. The highest BCUT2D eigenvalue weighted by Crippen LogP contribution is 2.16. The van der Waals surface area contributed by atoms with Crippen LogP contribution in [0.15, 0.2) is 47.7 Å². The van der Waals surface area contributed by atoms with Gasteiger partial charge in [-0.15, -0.1) is 24.0 Å². The summed E-state index contributed by atoms with van der Waals surface area (Å²) in [4.78, 5) is 31.9. The third-order valence-corrected chi connectivity index (χ3v) is 5.49. The number of carbonyl (C=O) groups excluding carboxylic acids is 1. The van der Waals surface area contributed by atoms with Gasteiger partial charge in [0.15, 0.2) is 5.96 Å². The van der Waals surface area contributed by atoms with E-state index in [4.69, 9.17) is 11.6 Å². The maximum absolute atomic E-state index is 12.6. The summed E-state index contributed by atoms with van der Waals surface area (Å²) in [5.41, 5.74) is 1.04. The first-order chi connectivity index (χ1) is 15.1. The lowest BCUT2D eigenvalue weighted by Crippen LogP contribution is -2.49. The van der Waals surface area contributed by atoms with E-state index in [-0.39, 0.29) is 29.9 Å². The van der Waals surface area contributed by atoms with E-state index in [0.29, 0.717) is 32.6 Å². The Morgan fingerprint density at radius 1 is 1.16 bits per heavy atom. The molecule has 0 atom stereocenters. The summed E-state index contributed by atoms with van der Waals surface area (Å²) in [6.45, 7) is 6.69. The summed E-state index contributed by atoms with van der Waals surface area (Å²) in [6.07, 6.45) is 3.86. The minimum Gasteiger partial charge on any atom is -0.357 e. The van der Waals surface area contributed by atoms with Crippen molar-refractivity contribution in [3.63, 3.8) is 0 Å². The number of nitrogens with one attached hydrogen (secondary N) is 1. The number of benzene rings is 1. The van der Waals surface area contributed by atoms with Gasteiger partial charge in [0.05, 0.1) is 6.54 Å². The van der Waals surface area contributed by atoms with Crippen molar-refractivity contribution in [2.75, 3.05) is 51.2 Å². The standard InChI is InChI=1S/C22H30ClN7O.HI/c1-3-24-21(28(2)17-18-7-4-5-8-19(18)23)27-12-9-20(31)29-13-15-30(16-14-29)22-25-10-6-11-26-22;/h4-8,10-11H,3,9,12-17H2,1-2H3,(H,24,27);1H. The molecule has 0 unspecified atom stereocenters. The van der Waals surface area contributed by atoms with Crippen LogP contribution in [0.2, 0.25) is 5.02 Å². The van der Waals surface area contributed by atoms with E-state index in [1.807, 2.05) is 48.0 Å². The number of piperazine rings is 1. The maximum atomic E-state index is 12.6. The zero-order valence-corrected chi connectivity index (χ0v) is 21.7. The molecule has 1 aromatic carbocycles.